The first kappa shape index (κ1) is 21.5. The number of methoxy groups -OCH3 is 1. The average molecular weight is 391 g/mol. The lowest BCUT2D eigenvalue weighted by Crippen LogP contribution is -2.17. The Kier molecular flexibility index (Phi) is 7.49. The summed E-state index contributed by atoms with van der Waals surface area (Å²) < 4.78 is 25.1. The van der Waals surface area contributed by atoms with Gasteiger partial charge < -0.3 is 19.3 Å². The van der Waals surface area contributed by atoms with Gasteiger partial charge in [-0.25, -0.2) is 0 Å². The van der Waals surface area contributed by atoms with Crippen LogP contribution in [0, 0.1) is 5.92 Å². The van der Waals surface area contributed by atoms with Gasteiger partial charge in [0.25, 0.3) is 7.37 Å². The molecule has 0 amide bonds. The summed E-state index contributed by atoms with van der Waals surface area (Å²) in [5.74, 6) is -0.397. The molecule has 0 saturated heterocycles. The number of benzene rings is 2. The molecular formula is C21H30NO4P. The lowest BCUT2D eigenvalue weighted by Gasteiger charge is -2.26. The molecule has 2 aromatic rings. The zero-order valence-corrected chi connectivity index (χ0v) is 17.6. The van der Waals surface area contributed by atoms with Crippen LogP contribution in [0.15, 0.2) is 48.5 Å². The number of ether oxygens (including phenoxy) is 1. The van der Waals surface area contributed by atoms with Gasteiger partial charge in [-0.1, -0.05) is 32.0 Å². The maximum atomic E-state index is 13.9. The SMILES string of the molecule is COc1ccccc1C(O)P(=O)(OCCC(C)C)c1ccc(N(C)C)cc1. The normalized spacial score (nSPS) is 14.6. The summed E-state index contributed by atoms with van der Waals surface area (Å²) in [5, 5.41) is 11.6. The molecule has 148 valence electrons. The number of anilines is 1. The predicted molar refractivity (Wildman–Crippen MR) is 111 cm³/mol. The van der Waals surface area contributed by atoms with E-state index in [0.717, 1.165) is 12.1 Å². The standard InChI is InChI=1S/C21H30NO4P/c1-16(2)14-15-26-27(24,18-12-10-17(11-13-18)22(3)4)21(23)19-8-6-7-9-20(19)25-5/h6-13,16,21,23H,14-15H2,1-5H3. The van der Waals surface area contributed by atoms with Crippen molar-refractivity contribution in [2.45, 2.75) is 26.1 Å². The number of aliphatic hydroxyl groups excluding tert-OH is 1. The topological polar surface area (TPSA) is 59.0 Å². The third kappa shape index (κ3) is 5.13. The molecule has 27 heavy (non-hydrogen) atoms. The van der Waals surface area contributed by atoms with Crippen LogP contribution in [0.5, 0.6) is 5.75 Å². The number of aliphatic hydroxyl groups is 1. The van der Waals surface area contributed by atoms with E-state index >= 15 is 0 Å². The fraction of sp³-hybridized carbons (Fsp3) is 0.429. The van der Waals surface area contributed by atoms with E-state index in [0.29, 0.717) is 29.1 Å². The third-order valence-electron chi connectivity index (χ3n) is 4.44. The number of rotatable bonds is 9. The van der Waals surface area contributed by atoms with Gasteiger partial charge in [-0.15, -0.1) is 0 Å². The molecule has 2 atom stereocenters. The van der Waals surface area contributed by atoms with Gasteiger partial charge in [0.1, 0.15) is 5.75 Å². The van der Waals surface area contributed by atoms with Crippen molar-refractivity contribution in [3.63, 3.8) is 0 Å². The van der Waals surface area contributed by atoms with Crippen molar-refractivity contribution in [1.82, 2.24) is 0 Å². The molecule has 2 unspecified atom stereocenters. The van der Waals surface area contributed by atoms with Gasteiger partial charge in [-0.05, 0) is 42.7 Å². The van der Waals surface area contributed by atoms with Crippen molar-refractivity contribution >= 4 is 18.4 Å². The van der Waals surface area contributed by atoms with E-state index in [1.165, 1.54) is 7.11 Å². The largest absolute Gasteiger partial charge is 0.496 e. The highest BCUT2D eigenvalue weighted by molar-refractivity contribution is 7.67. The number of hydrogen-bond acceptors (Lipinski definition) is 5. The first-order valence-electron chi connectivity index (χ1n) is 9.12. The van der Waals surface area contributed by atoms with Gasteiger partial charge in [0, 0.05) is 30.7 Å². The maximum absolute atomic E-state index is 13.9. The van der Waals surface area contributed by atoms with E-state index in [1.807, 2.05) is 37.2 Å². The number of nitrogens with zero attached hydrogens (tertiary/aromatic N) is 1. The minimum absolute atomic E-state index is 0.316. The van der Waals surface area contributed by atoms with Crippen LogP contribution in [0.1, 0.15) is 31.7 Å². The average Bonchev–Trinajstić information content (AvgIpc) is 2.66. The molecule has 0 heterocycles. The summed E-state index contributed by atoms with van der Waals surface area (Å²) in [4.78, 5) is 1.96. The highest BCUT2D eigenvalue weighted by Gasteiger charge is 2.38. The van der Waals surface area contributed by atoms with Crippen molar-refractivity contribution in [2.24, 2.45) is 5.92 Å². The van der Waals surface area contributed by atoms with E-state index in [-0.39, 0.29) is 0 Å². The zero-order valence-electron chi connectivity index (χ0n) is 16.8. The van der Waals surface area contributed by atoms with Crippen LogP contribution in [-0.2, 0) is 9.09 Å². The molecule has 0 saturated carbocycles. The quantitative estimate of drug-likeness (QED) is 0.642. The fourth-order valence-electron chi connectivity index (χ4n) is 2.73. The molecule has 0 radical (unpaired) electrons. The van der Waals surface area contributed by atoms with Gasteiger partial charge >= 0.3 is 0 Å². The summed E-state index contributed by atoms with van der Waals surface area (Å²) in [6, 6.07) is 14.3. The second-order valence-corrected chi connectivity index (χ2v) is 9.60. The molecule has 5 nitrogen and oxygen atoms in total. The lowest BCUT2D eigenvalue weighted by molar-refractivity contribution is 0.205. The van der Waals surface area contributed by atoms with Crippen LogP contribution in [0.4, 0.5) is 5.69 Å². The first-order chi connectivity index (χ1) is 12.8. The van der Waals surface area contributed by atoms with Crippen molar-refractivity contribution in [1.29, 1.82) is 0 Å². The van der Waals surface area contributed by atoms with Crippen LogP contribution in [-0.4, -0.2) is 32.9 Å². The second kappa shape index (κ2) is 9.41. The van der Waals surface area contributed by atoms with Gasteiger partial charge in [-0.3, -0.25) is 4.57 Å². The van der Waals surface area contributed by atoms with Crippen molar-refractivity contribution in [3.05, 3.63) is 54.1 Å². The molecule has 0 aliphatic carbocycles. The van der Waals surface area contributed by atoms with Gasteiger partial charge in [-0.2, -0.15) is 0 Å². The summed E-state index contributed by atoms with van der Waals surface area (Å²) in [6.07, 6.45) is 0.762. The van der Waals surface area contributed by atoms with Crippen LogP contribution in [0.25, 0.3) is 0 Å². The van der Waals surface area contributed by atoms with Gasteiger partial charge in [0.05, 0.1) is 13.7 Å². The molecule has 2 aromatic carbocycles. The van der Waals surface area contributed by atoms with Gasteiger partial charge in [0.15, 0.2) is 5.85 Å². The van der Waals surface area contributed by atoms with E-state index in [1.54, 1.807) is 30.3 Å². The molecule has 1 N–H and O–H groups in total. The zero-order chi connectivity index (χ0) is 20.0. The highest BCUT2D eigenvalue weighted by Crippen LogP contribution is 2.59. The summed E-state index contributed by atoms with van der Waals surface area (Å²) in [5.41, 5.74) is 1.45. The number of para-hydroxylation sites is 1. The molecule has 0 aliphatic heterocycles. The number of hydrogen-bond donors (Lipinski definition) is 1. The lowest BCUT2D eigenvalue weighted by atomic mass is 10.2. The van der Waals surface area contributed by atoms with Crippen molar-refractivity contribution < 1.29 is 18.9 Å². The molecule has 0 aromatic heterocycles. The molecule has 6 heteroatoms. The Hall–Kier alpha value is -1.81. The van der Waals surface area contributed by atoms with Crippen LogP contribution >= 0.6 is 7.37 Å². The van der Waals surface area contributed by atoms with Crippen LogP contribution in [0.2, 0.25) is 0 Å². The molecule has 0 fully saturated rings. The van der Waals surface area contributed by atoms with Crippen molar-refractivity contribution in [3.8, 4) is 5.75 Å². The fourth-order valence-corrected chi connectivity index (χ4v) is 4.83. The Morgan fingerprint density at radius 3 is 2.26 bits per heavy atom. The second-order valence-electron chi connectivity index (χ2n) is 7.14. The highest BCUT2D eigenvalue weighted by atomic mass is 31.2. The summed E-state index contributed by atoms with van der Waals surface area (Å²) in [7, 11) is 1.84. The third-order valence-corrected chi connectivity index (χ3v) is 6.95. The van der Waals surface area contributed by atoms with E-state index < -0.39 is 13.2 Å². The molecule has 2 rings (SSSR count). The molecule has 0 bridgehead atoms. The Morgan fingerprint density at radius 1 is 1.07 bits per heavy atom. The molecule has 0 spiro atoms. The smallest absolute Gasteiger partial charge is 0.264 e. The van der Waals surface area contributed by atoms with E-state index in [9.17, 15) is 9.67 Å². The Labute approximate surface area is 162 Å². The Morgan fingerprint density at radius 2 is 1.70 bits per heavy atom. The van der Waals surface area contributed by atoms with E-state index in [4.69, 9.17) is 9.26 Å². The molecule has 0 aliphatic rings. The summed E-state index contributed by atoms with van der Waals surface area (Å²) in [6.45, 7) is 4.48. The predicted octanol–water partition coefficient (Wildman–Crippen LogP) is 4.42. The molecular weight excluding hydrogens is 361 g/mol. The maximum Gasteiger partial charge on any atom is 0.264 e. The monoisotopic (exact) mass is 391 g/mol. The Bertz CT molecular complexity index is 774. The van der Waals surface area contributed by atoms with Crippen LogP contribution < -0.4 is 14.9 Å². The first-order valence-corrected chi connectivity index (χ1v) is 10.8. The van der Waals surface area contributed by atoms with E-state index in [2.05, 4.69) is 13.8 Å². The summed E-state index contributed by atoms with van der Waals surface area (Å²) >= 11 is 0. The van der Waals surface area contributed by atoms with Crippen LogP contribution in [0.3, 0.4) is 0 Å². The Balaban J connectivity index is 2.44. The minimum atomic E-state index is -3.57. The van der Waals surface area contributed by atoms with Crippen molar-refractivity contribution in [2.75, 3.05) is 32.7 Å². The van der Waals surface area contributed by atoms with Gasteiger partial charge in [0.2, 0.25) is 0 Å². The minimum Gasteiger partial charge on any atom is -0.496 e.